The number of rotatable bonds is 6. The first-order valence-corrected chi connectivity index (χ1v) is 12.3. The monoisotopic (exact) mass is 493 g/mol. The first kappa shape index (κ1) is 22.8. The lowest BCUT2D eigenvalue weighted by atomic mass is 10.2. The van der Waals surface area contributed by atoms with Crippen LogP contribution in [0.5, 0.6) is 0 Å². The van der Waals surface area contributed by atoms with Gasteiger partial charge in [0.2, 0.25) is 15.9 Å². The Morgan fingerprint density at radius 1 is 1.00 bits per heavy atom. The number of hydrogen-bond acceptors (Lipinski definition) is 5. The number of benzene rings is 2. The Balaban J connectivity index is 1.32. The molecule has 0 N–H and O–H groups in total. The van der Waals surface area contributed by atoms with E-state index in [0.717, 1.165) is 5.56 Å². The molecular formula is C22H21Cl2N3O4S. The van der Waals surface area contributed by atoms with Crippen LogP contribution in [0.2, 0.25) is 10.0 Å². The van der Waals surface area contributed by atoms with Crippen LogP contribution in [-0.4, -0.2) is 54.7 Å². The molecule has 10 heteroatoms. The van der Waals surface area contributed by atoms with Crippen molar-refractivity contribution >= 4 is 39.1 Å². The lowest BCUT2D eigenvalue weighted by Gasteiger charge is -2.34. The summed E-state index contributed by atoms with van der Waals surface area (Å²) in [6, 6.07) is 14.1. The smallest absolute Gasteiger partial charge is 0.244 e. The molecule has 1 aliphatic rings. The standard InChI is InChI=1S/C22H21Cl2N3O4S/c23-17-7-4-8-19(22(17)24)32(29,30)27-13-11-26(12-14-27)21(28)10-9-20-25-15-18(31-20)16-5-2-1-3-6-16/h1-8,15H,9-14H2. The Morgan fingerprint density at radius 2 is 1.72 bits per heavy atom. The quantitative estimate of drug-likeness (QED) is 0.515. The van der Waals surface area contributed by atoms with Crippen LogP contribution in [0.4, 0.5) is 0 Å². The second-order valence-corrected chi connectivity index (χ2v) is 10.0. The zero-order valence-corrected chi connectivity index (χ0v) is 19.4. The van der Waals surface area contributed by atoms with E-state index in [1.807, 2.05) is 30.3 Å². The van der Waals surface area contributed by atoms with E-state index in [-0.39, 0.29) is 40.4 Å². The van der Waals surface area contributed by atoms with Gasteiger partial charge in [-0.3, -0.25) is 4.79 Å². The summed E-state index contributed by atoms with van der Waals surface area (Å²) in [4.78, 5) is 18.5. The number of carbonyl (C=O) groups excluding carboxylic acids is 1. The van der Waals surface area contributed by atoms with Crippen LogP contribution in [0.25, 0.3) is 11.3 Å². The maximum atomic E-state index is 12.9. The molecule has 1 aliphatic heterocycles. The average molecular weight is 494 g/mol. The summed E-state index contributed by atoms with van der Waals surface area (Å²) in [7, 11) is -3.79. The second kappa shape index (κ2) is 9.62. The summed E-state index contributed by atoms with van der Waals surface area (Å²) in [6.45, 7) is 0.982. The predicted octanol–water partition coefficient (Wildman–Crippen LogP) is 4.11. The van der Waals surface area contributed by atoms with Gasteiger partial charge in [0, 0.05) is 44.6 Å². The molecule has 0 unspecified atom stereocenters. The maximum absolute atomic E-state index is 12.9. The summed E-state index contributed by atoms with van der Waals surface area (Å²) in [5.74, 6) is 1.09. The molecular weight excluding hydrogens is 473 g/mol. The van der Waals surface area contributed by atoms with Gasteiger partial charge in [0.25, 0.3) is 0 Å². The largest absolute Gasteiger partial charge is 0.441 e. The molecule has 0 bridgehead atoms. The molecule has 32 heavy (non-hydrogen) atoms. The topological polar surface area (TPSA) is 83.7 Å². The van der Waals surface area contributed by atoms with Crippen LogP contribution in [0.15, 0.2) is 64.0 Å². The zero-order valence-electron chi connectivity index (χ0n) is 17.1. The summed E-state index contributed by atoms with van der Waals surface area (Å²) in [6.07, 6.45) is 2.27. The Morgan fingerprint density at radius 3 is 2.44 bits per heavy atom. The molecule has 1 amide bonds. The fraction of sp³-hybridized carbons (Fsp3) is 0.273. The number of nitrogens with zero attached hydrogens (tertiary/aromatic N) is 3. The number of halogens is 2. The van der Waals surface area contributed by atoms with Crippen molar-refractivity contribution in [3.63, 3.8) is 0 Å². The third-order valence-corrected chi connectivity index (χ3v) is 8.16. The van der Waals surface area contributed by atoms with Crippen molar-refractivity contribution in [1.29, 1.82) is 0 Å². The van der Waals surface area contributed by atoms with Gasteiger partial charge in [-0.25, -0.2) is 13.4 Å². The van der Waals surface area contributed by atoms with Gasteiger partial charge in [0.05, 0.1) is 16.2 Å². The lowest BCUT2D eigenvalue weighted by Crippen LogP contribution is -2.50. The van der Waals surface area contributed by atoms with E-state index >= 15 is 0 Å². The molecule has 0 atom stereocenters. The van der Waals surface area contributed by atoms with Gasteiger partial charge >= 0.3 is 0 Å². The van der Waals surface area contributed by atoms with Gasteiger partial charge < -0.3 is 9.32 Å². The molecule has 7 nitrogen and oxygen atoms in total. The number of amides is 1. The fourth-order valence-corrected chi connectivity index (χ4v) is 5.69. The van der Waals surface area contributed by atoms with E-state index in [2.05, 4.69) is 4.98 Å². The highest BCUT2D eigenvalue weighted by molar-refractivity contribution is 7.89. The normalized spacial score (nSPS) is 15.1. The van der Waals surface area contributed by atoms with Gasteiger partial charge in [-0.15, -0.1) is 0 Å². The van der Waals surface area contributed by atoms with Crippen molar-refractivity contribution in [2.24, 2.45) is 0 Å². The van der Waals surface area contributed by atoms with E-state index in [4.69, 9.17) is 27.6 Å². The van der Waals surface area contributed by atoms with Crippen LogP contribution in [0, 0.1) is 0 Å². The van der Waals surface area contributed by atoms with Crippen LogP contribution >= 0.6 is 23.2 Å². The van der Waals surface area contributed by atoms with Gasteiger partial charge in [0.1, 0.15) is 4.90 Å². The molecule has 2 aromatic carbocycles. The van der Waals surface area contributed by atoms with Crippen molar-refractivity contribution in [3.8, 4) is 11.3 Å². The Bertz CT molecular complexity index is 1210. The fourth-order valence-electron chi connectivity index (χ4n) is 3.53. The Hall–Kier alpha value is -2.39. The Labute approximate surface area is 196 Å². The molecule has 0 aliphatic carbocycles. The number of aromatic nitrogens is 1. The summed E-state index contributed by atoms with van der Waals surface area (Å²) >= 11 is 12.1. The first-order chi connectivity index (χ1) is 15.4. The minimum absolute atomic E-state index is 0.00786. The molecule has 1 fully saturated rings. The van der Waals surface area contributed by atoms with Crippen molar-refractivity contribution in [2.45, 2.75) is 17.7 Å². The third-order valence-electron chi connectivity index (χ3n) is 5.29. The summed E-state index contributed by atoms with van der Waals surface area (Å²) in [5, 5.41) is 0.192. The molecule has 0 saturated carbocycles. The van der Waals surface area contributed by atoms with Gasteiger partial charge in [-0.05, 0) is 12.1 Å². The summed E-state index contributed by atoms with van der Waals surface area (Å²) < 4.78 is 32.9. The highest BCUT2D eigenvalue weighted by Crippen LogP contribution is 2.31. The molecule has 0 spiro atoms. The molecule has 4 rings (SSSR count). The number of piperazine rings is 1. The third kappa shape index (κ3) is 4.83. The molecule has 2 heterocycles. The predicted molar refractivity (Wildman–Crippen MR) is 122 cm³/mol. The maximum Gasteiger partial charge on any atom is 0.244 e. The highest BCUT2D eigenvalue weighted by atomic mass is 35.5. The molecule has 1 aromatic heterocycles. The van der Waals surface area contributed by atoms with Crippen LogP contribution in [-0.2, 0) is 21.2 Å². The number of aryl methyl sites for hydroxylation is 1. The van der Waals surface area contributed by atoms with Crippen molar-refractivity contribution in [3.05, 3.63) is 70.7 Å². The van der Waals surface area contributed by atoms with E-state index in [9.17, 15) is 13.2 Å². The SMILES string of the molecule is O=C(CCc1ncc(-c2ccccc2)o1)N1CCN(S(=O)(=O)c2cccc(Cl)c2Cl)CC1. The van der Waals surface area contributed by atoms with E-state index in [1.165, 1.54) is 16.4 Å². The molecule has 1 saturated heterocycles. The number of oxazole rings is 1. The molecule has 3 aromatic rings. The Kier molecular flexibility index (Phi) is 6.85. The minimum atomic E-state index is -3.79. The molecule has 0 radical (unpaired) electrons. The highest BCUT2D eigenvalue weighted by Gasteiger charge is 2.31. The van der Waals surface area contributed by atoms with Gasteiger partial charge in [-0.2, -0.15) is 4.31 Å². The van der Waals surface area contributed by atoms with Gasteiger partial charge in [-0.1, -0.05) is 59.6 Å². The average Bonchev–Trinajstić information content (AvgIpc) is 3.29. The minimum Gasteiger partial charge on any atom is -0.441 e. The van der Waals surface area contributed by atoms with E-state index < -0.39 is 10.0 Å². The zero-order chi connectivity index (χ0) is 22.7. The number of carbonyl (C=O) groups is 1. The lowest BCUT2D eigenvalue weighted by molar-refractivity contribution is -0.132. The van der Waals surface area contributed by atoms with Gasteiger partial charge in [0.15, 0.2) is 11.7 Å². The van der Waals surface area contributed by atoms with Crippen LogP contribution in [0.3, 0.4) is 0 Å². The number of hydrogen-bond donors (Lipinski definition) is 0. The van der Waals surface area contributed by atoms with Crippen molar-refractivity contribution in [1.82, 2.24) is 14.2 Å². The summed E-state index contributed by atoms with van der Waals surface area (Å²) in [5.41, 5.74) is 0.926. The first-order valence-electron chi connectivity index (χ1n) is 10.1. The van der Waals surface area contributed by atoms with Crippen LogP contribution < -0.4 is 0 Å². The van der Waals surface area contributed by atoms with Crippen LogP contribution in [0.1, 0.15) is 12.3 Å². The van der Waals surface area contributed by atoms with Crippen molar-refractivity contribution in [2.75, 3.05) is 26.2 Å². The number of sulfonamides is 1. The van der Waals surface area contributed by atoms with E-state index in [0.29, 0.717) is 31.2 Å². The second-order valence-electron chi connectivity index (χ2n) is 7.32. The van der Waals surface area contributed by atoms with E-state index in [1.54, 1.807) is 17.2 Å². The van der Waals surface area contributed by atoms with Crippen molar-refractivity contribution < 1.29 is 17.6 Å². The molecule has 168 valence electrons.